The third-order valence-corrected chi connectivity index (χ3v) is 5.22. The van der Waals surface area contributed by atoms with E-state index in [2.05, 4.69) is 9.97 Å². The van der Waals surface area contributed by atoms with Gasteiger partial charge in [0.25, 0.3) is 0 Å². The van der Waals surface area contributed by atoms with Crippen LogP contribution in [0, 0.1) is 0 Å². The number of nitrogens with zero attached hydrogens (tertiary/aromatic N) is 4. The number of amides is 2. The first-order chi connectivity index (χ1) is 14.5. The van der Waals surface area contributed by atoms with Crippen molar-refractivity contribution in [1.29, 1.82) is 0 Å². The van der Waals surface area contributed by atoms with Crippen molar-refractivity contribution in [1.82, 2.24) is 19.8 Å². The van der Waals surface area contributed by atoms with E-state index in [1.165, 1.54) is 6.33 Å². The number of rotatable bonds is 5. The van der Waals surface area contributed by atoms with E-state index in [4.69, 9.17) is 17.3 Å². The summed E-state index contributed by atoms with van der Waals surface area (Å²) in [5.74, 6) is -0.582. The van der Waals surface area contributed by atoms with Crippen LogP contribution in [-0.4, -0.2) is 51.2 Å². The van der Waals surface area contributed by atoms with Crippen molar-refractivity contribution in [3.8, 4) is 0 Å². The molecule has 152 valence electrons. The number of hydrogen-bond acceptors (Lipinski definition) is 5. The molecule has 2 N–H and O–H groups in total. The van der Waals surface area contributed by atoms with Crippen molar-refractivity contribution in [3.05, 3.63) is 71.0 Å². The average molecular weight is 422 g/mol. The lowest BCUT2D eigenvalue weighted by molar-refractivity contribution is -0.156. The van der Waals surface area contributed by atoms with Gasteiger partial charge in [0.1, 0.15) is 12.1 Å². The maximum Gasteiger partial charge on any atom is 0.312 e. The molecule has 1 fully saturated rings. The zero-order chi connectivity index (χ0) is 21.1. The highest BCUT2D eigenvalue weighted by Crippen LogP contribution is 2.20. The van der Waals surface area contributed by atoms with Crippen LogP contribution in [0.25, 0.3) is 17.0 Å². The summed E-state index contributed by atoms with van der Waals surface area (Å²) in [6, 6.07) is 13.0. The minimum atomic E-state index is -0.500. The van der Waals surface area contributed by atoms with Crippen LogP contribution in [0.3, 0.4) is 0 Å². The molecular weight excluding hydrogens is 402 g/mol. The topological polar surface area (TPSA) is 92.4 Å². The second-order valence-corrected chi connectivity index (χ2v) is 7.48. The maximum atomic E-state index is 12.6. The molecule has 7 nitrogen and oxygen atoms in total. The summed E-state index contributed by atoms with van der Waals surface area (Å²) >= 11 is 5.98. The Labute approximate surface area is 178 Å². The molecule has 1 saturated heterocycles. The predicted molar refractivity (Wildman–Crippen MR) is 116 cm³/mol. The number of nitrogen functional groups attached to an aromatic ring is 1. The Morgan fingerprint density at radius 1 is 1.03 bits per heavy atom. The van der Waals surface area contributed by atoms with Crippen molar-refractivity contribution in [2.24, 2.45) is 0 Å². The fourth-order valence-corrected chi connectivity index (χ4v) is 3.61. The van der Waals surface area contributed by atoms with E-state index >= 15 is 0 Å². The summed E-state index contributed by atoms with van der Waals surface area (Å²) in [6.45, 7) is 1.67. The van der Waals surface area contributed by atoms with E-state index in [9.17, 15) is 9.59 Å². The van der Waals surface area contributed by atoms with E-state index in [1.807, 2.05) is 48.6 Å². The van der Waals surface area contributed by atoms with Crippen molar-refractivity contribution in [3.63, 3.8) is 0 Å². The van der Waals surface area contributed by atoms with Gasteiger partial charge >= 0.3 is 11.8 Å². The van der Waals surface area contributed by atoms with Crippen molar-refractivity contribution >= 4 is 46.2 Å². The van der Waals surface area contributed by atoms with Crippen molar-refractivity contribution in [2.75, 3.05) is 25.4 Å². The molecule has 0 saturated carbocycles. The first-order valence-electron chi connectivity index (χ1n) is 9.50. The highest BCUT2D eigenvalue weighted by molar-refractivity contribution is 6.35. The molecule has 2 amide bonds. The Kier molecular flexibility index (Phi) is 5.63. The lowest BCUT2D eigenvalue weighted by atomic mass is 10.1. The number of carbonyl (C=O) groups excluding carboxylic acids is 2. The maximum absolute atomic E-state index is 12.6. The normalized spacial score (nSPS) is 14.8. The van der Waals surface area contributed by atoms with Gasteiger partial charge in [-0.1, -0.05) is 42.0 Å². The standard InChI is InChI=1S/C22H20ClN5O2/c23-17-5-1-3-15(11-17)4-2-8-27-9-10-28(22(30)21(27)29)13-16-6-7-18-19(12-16)25-14-26-20(18)24/h1-7,11-12,14H,8-10,13H2,(H2,24,25,26). The monoisotopic (exact) mass is 421 g/mol. The molecule has 0 unspecified atom stereocenters. The number of carbonyl (C=O) groups is 2. The van der Waals surface area contributed by atoms with Crippen LogP contribution in [-0.2, 0) is 16.1 Å². The summed E-state index contributed by atoms with van der Waals surface area (Å²) in [7, 11) is 0. The van der Waals surface area contributed by atoms with E-state index in [0.29, 0.717) is 42.5 Å². The molecule has 0 aliphatic carbocycles. The van der Waals surface area contributed by atoms with Crippen LogP contribution in [0.15, 0.2) is 54.9 Å². The molecule has 1 aliphatic rings. The summed E-state index contributed by atoms with van der Waals surface area (Å²) in [4.78, 5) is 36.4. The Bertz CT molecular complexity index is 1150. The van der Waals surface area contributed by atoms with Gasteiger partial charge in [0, 0.05) is 36.6 Å². The molecule has 0 spiro atoms. The number of anilines is 1. The summed E-state index contributed by atoms with van der Waals surface area (Å²) in [6.07, 6.45) is 5.16. The van der Waals surface area contributed by atoms with Crippen LogP contribution >= 0.6 is 11.6 Å². The highest BCUT2D eigenvalue weighted by atomic mass is 35.5. The van der Waals surface area contributed by atoms with Gasteiger partial charge in [0.2, 0.25) is 0 Å². The second kappa shape index (κ2) is 8.51. The Balaban J connectivity index is 1.39. The second-order valence-electron chi connectivity index (χ2n) is 7.05. The van der Waals surface area contributed by atoms with E-state index in [1.54, 1.807) is 15.9 Å². The van der Waals surface area contributed by atoms with Crippen LogP contribution in [0.4, 0.5) is 5.82 Å². The molecule has 1 aliphatic heterocycles. The third-order valence-electron chi connectivity index (χ3n) is 4.99. The lowest BCUT2D eigenvalue weighted by Crippen LogP contribution is -2.53. The van der Waals surface area contributed by atoms with Crippen LogP contribution < -0.4 is 5.73 Å². The Hall–Kier alpha value is -3.45. The molecule has 3 aromatic rings. The van der Waals surface area contributed by atoms with Gasteiger partial charge in [-0.3, -0.25) is 9.59 Å². The van der Waals surface area contributed by atoms with Gasteiger partial charge < -0.3 is 15.5 Å². The molecule has 0 radical (unpaired) electrons. The van der Waals surface area contributed by atoms with E-state index in [0.717, 1.165) is 16.5 Å². The van der Waals surface area contributed by atoms with Gasteiger partial charge in [-0.05, 0) is 35.4 Å². The molecule has 8 heteroatoms. The smallest absolute Gasteiger partial charge is 0.312 e. The van der Waals surface area contributed by atoms with Crippen LogP contribution in [0.5, 0.6) is 0 Å². The minimum absolute atomic E-state index is 0.344. The fraction of sp³-hybridized carbons (Fsp3) is 0.182. The van der Waals surface area contributed by atoms with Gasteiger partial charge in [-0.2, -0.15) is 0 Å². The highest BCUT2D eigenvalue weighted by Gasteiger charge is 2.31. The summed E-state index contributed by atoms with van der Waals surface area (Å²) in [5.41, 5.74) is 8.39. The molecule has 1 aromatic heterocycles. The molecule has 0 atom stereocenters. The van der Waals surface area contributed by atoms with Crippen molar-refractivity contribution < 1.29 is 9.59 Å². The molecule has 2 aromatic carbocycles. The summed E-state index contributed by atoms with van der Waals surface area (Å²) in [5, 5.41) is 1.42. The number of benzene rings is 2. The molecule has 4 rings (SSSR count). The van der Waals surface area contributed by atoms with Crippen LogP contribution in [0.1, 0.15) is 11.1 Å². The third kappa shape index (κ3) is 4.26. The van der Waals surface area contributed by atoms with Gasteiger partial charge in [0.05, 0.1) is 5.52 Å². The first kappa shape index (κ1) is 19.8. The Morgan fingerprint density at radius 2 is 1.83 bits per heavy atom. The number of aromatic nitrogens is 2. The van der Waals surface area contributed by atoms with Crippen LogP contribution in [0.2, 0.25) is 5.02 Å². The lowest BCUT2D eigenvalue weighted by Gasteiger charge is -2.33. The quantitative estimate of drug-likeness (QED) is 0.639. The average Bonchev–Trinajstić information content (AvgIpc) is 2.73. The SMILES string of the molecule is Nc1ncnc2cc(CN3CCN(CC=Cc4cccc(Cl)c4)C(=O)C3=O)ccc12. The molecule has 2 heterocycles. The zero-order valence-electron chi connectivity index (χ0n) is 16.2. The molecule has 30 heavy (non-hydrogen) atoms. The first-order valence-corrected chi connectivity index (χ1v) is 9.88. The van der Waals surface area contributed by atoms with Gasteiger partial charge in [-0.25, -0.2) is 9.97 Å². The Morgan fingerprint density at radius 3 is 2.67 bits per heavy atom. The van der Waals surface area contributed by atoms with E-state index < -0.39 is 11.8 Å². The van der Waals surface area contributed by atoms with Gasteiger partial charge in [0.15, 0.2) is 0 Å². The fourth-order valence-electron chi connectivity index (χ4n) is 3.41. The number of piperazine rings is 1. The number of fused-ring (bicyclic) bond motifs is 1. The summed E-state index contributed by atoms with van der Waals surface area (Å²) < 4.78 is 0. The van der Waals surface area contributed by atoms with Gasteiger partial charge in [-0.15, -0.1) is 0 Å². The minimum Gasteiger partial charge on any atom is -0.383 e. The number of hydrogen-bond donors (Lipinski definition) is 1. The van der Waals surface area contributed by atoms with E-state index in [-0.39, 0.29) is 0 Å². The largest absolute Gasteiger partial charge is 0.383 e. The number of halogens is 1. The molecule has 0 bridgehead atoms. The number of nitrogens with two attached hydrogens (primary N) is 1. The molecular formula is C22H20ClN5O2. The van der Waals surface area contributed by atoms with Crippen molar-refractivity contribution in [2.45, 2.75) is 6.54 Å². The predicted octanol–water partition coefficient (Wildman–Crippen LogP) is 2.75. The zero-order valence-corrected chi connectivity index (χ0v) is 16.9.